The van der Waals surface area contributed by atoms with Crippen LogP contribution in [0.1, 0.15) is 32.6 Å². The SMILES string of the molecule is CC1CC(=O)N(CC2(CBr)CC2)C(=O)C1. The average molecular weight is 274 g/mol. The van der Waals surface area contributed by atoms with Crippen molar-refractivity contribution in [1.82, 2.24) is 4.90 Å². The highest BCUT2D eigenvalue weighted by Gasteiger charge is 2.46. The molecule has 15 heavy (non-hydrogen) atoms. The van der Waals surface area contributed by atoms with Crippen LogP contribution in [0.15, 0.2) is 0 Å². The maximum atomic E-state index is 11.7. The Bertz CT molecular complexity index is 281. The average Bonchev–Trinajstić information content (AvgIpc) is 2.92. The Hall–Kier alpha value is -0.380. The molecule has 0 N–H and O–H groups in total. The van der Waals surface area contributed by atoms with Crippen molar-refractivity contribution in [3.8, 4) is 0 Å². The summed E-state index contributed by atoms with van der Waals surface area (Å²) in [5.74, 6) is 0.261. The molecule has 1 aliphatic carbocycles. The molecule has 3 nitrogen and oxygen atoms in total. The number of hydrogen-bond donors (Lipinski definition) is 0. The third-order valence-electron chi connectivity index (χ3n) is 3.38. The summed E-state index contributed by atoms with van der Waals surface area (Å²) in [6.07, 6.45) is 3.32. The monoisotopic (exact) mass is 273 g/mol. The van der Waals surface area contributed by atoms with Crippen LogP contribution in [0.2, 0.25) is 0 Å². The van der Waals surface area contributed by atoms with Crippen molar-refractivity contribution in [3.63, 3.8) is 0 Å². The molecule has 4 heteroatoms. The van der Waals surface area contributed by atoms with Gasteiger partial charge >= 0.3 is 0 Å². The van der Waals surface area contributed by atoms with Crippen LogP contribution in [-0.4, -0.2) is 28.6 Å². The Morgan fingerprint density at radius 2 is 1.87 bits per heavy atom. The van der Waals surface area contributed by atoms with E-state index >= 15 is 0 Å². The van der Waals surface area contributed by atoms with Crippen molar-refractivity contribution in [2.24, 2.45) is 11.3 Å². The minimum absolute atomic E-state index is 0.0194. The summed E-state index contributed by atoms with van der Waals surface area (Å²) in [7, 11) is 0. The number of nitrogens with zero attached hydrogens (tertiary/aromatic N) is 1. The third kappa shape index (κ3) is 2.25. The summed E-state index contributed by atoms with van der Waals surface area (Å²) in [6.45, 7) is 2.59. The molecule has 1 heterocycles. The normalized spacial score (nSPS) is 25.9. The molecule has 1 saturated carbocycles. The largest absolute Gasteiger partial charge is 0.282 e. The molecule has 0 spiro atoms. The standard InChI is InChI=1S/C11H16BrNO2/c1-8-4-9(14)13(10(15)5-8)7-11(6-12)2-3-11/h8H,2-7H2,1H3. The fraction of sp³-hybridized carbons (Fsp3) is 0.818. The number of alkyl halides is 1. The number of hydrogen-bond acceptors (Lipinski definition) is 2. The first-order valence-corrected chi connectivity index (χ1v) is 6.58. The number of halogens is 1. The fourth-order valence-corrected chi connectivity index (χ4v) is 2.79. The van der Waals surface area contributed by atoms with Crippen LogP contribution in [0.4, 0.5) is 0 Å². The van der Waals surface area contributed by atoms with E-state index in [0.717, 1.165) is 18.2 Å². The van der Waals surface area contributed by atoms with Crippen LogP contribution in [-0.2, 0) is 9.59 Å². The topological polar surface area (TPSA) is 37.4 Å². The van der Waals surface area contributed by atoms with Crippen LogP contribution in [0.5, 0.6) is 0 Å². The van der Waals surface area contributed by atoms with Gasteiger partial charge in [0.1, 0.15) is 0 Å². The quantitative estimate of drug-likeness (QED) is 0.582. The first-order valence-electron chi connectivity index (χ1n) is 5.45. The van der Waals surface area contributed by atoms with Crippen LogP contribution in [0.25, 0.3) is 0 Å². The summed E-state index contributed by atoms with van der Waals surface area (Å²) in [6, 6.07) is 0. The molecule has 84 valence electrons. The molecule has 0 bridgehead atoms. The highest BCUT2D eigenvalue weighted by atomic mass is 79.9. The van der Waals surface area contributed by atoms with Gasteiger partial charge in [0, 0.05) is 24.7 Å². The van der Waals surface area contributed by atoms with E-state index in [1.54, 1.807) is 0 Å². The van der Waals surface area contributed by atoms with Crippen molar-refractivity contribution in [2.75, 3.05) is 11.9 Å². The molecule has 0 aromatic rings. The molecule has 0 aromatic carbocycles. The molecule has 1 aliphatic heterocycles. The minimum Gasteiger partial charge on any atom is -0.282 e. The van der Waals surface area contributed by atoms with E-state index in [9.17, 15) is 9.59 Å². The minimum atomic E-state index is 0.0194. The van der Waals surface area contributed by atoms with Crippen LogP contribution < -0.4 is 0 Å². The van der Waals surface area contributed by atoms with Crippen LogP contribution in [0, 0.1) is 11.3 Å². The van der Waals surface area contributed by atoms with Gasteiger partial charge in [-0.2, -0.15) is 0 Å². The van der Waals surface area contributed by atoms with Crippen molar-refractivity contribution >= 4 is 27.7 Å². The molecule has 2 amide bonds. The molecule has 0 aromatic heterocycles. The zero-order valence-electron chi connectivity index (χ0n) is 8.96. The number of carbonyl (C=O) groups is 2. The first kappa shape index (κ1) is 11.1. The molecule has 2 aliphatic rings. The lowest BCUT2D eigenvalue weighted by Gasteiger charge is -2.30. The van der Waals surface area contributed by atoms with Crippen LogP contribution >= 0.6 is 15.9 Å². The summed E-state index contributed by atoms with van der Waals surface area (Å²) in [4.78, 5) is 24.9. The zero-order valence-corrected chi connectivity index (χ0v) is 10.5. The second-order valence-corrected chi connectivity index (χ2v) is 5.58. The van der Waals surface area contributed by atoms with Gasteiger partial charge in [0.25, 0.3) is 0 Å². The molecular formula is C11H16BrNO2. The number of likely N-dealkylation sites (tertiary alicyclic amines) is 1. The van der Waals surface area contributed by atoms with Crippen molar-refractivity contribution in [1.29, 1.82) is 0 Å². The van der Waals surface area contributed by atoms with E-state index < -0.39 is 0 Å². The van der Waals surface area contributed by atoms with E-state index in [2.05, 4.69) is 15.9 Å². The lowest BCUT2D eigenvalue weighted by atomic mass is 9.96. The molecule has 0 radical (unpaired) electrons. The fourth-order valence-electron chi connectivity index (χ4n) is 2.05. The number of amides is 2. The summed E-state index contributed by atoms with van der Waals surface area (Å²) < 4.78 is 0. The van der Waals surface area contributed by atoms with Crippen molar-refractivity contribution in [3.05, 3.63) is 0 Å². The lowest BCUT2D eigenvalue weighted by Crippen LogP contribution is -2.45. The molecule has 2 fully saturated rings. The second kappa shape index (κ2) is 3.89. The van der Waals surface area contributed by atoms with Gasteiger partial charge in [0.2, 0.25) is 11.8 Å². The summed E-state index contributed by atoms with van der Waals surface area (Å²) in [5, 5.41) is 0.895. The van der Waals surface area contributed by atoms with Gasteiger partial charge in [-0.25, -0.2) is 0 Å². The van der Waals surface area contributed by atoms with Crippen LogP contribution in [0.3, 0.4) is 0 Å². The molecular weight excluding hydrogens is 258 g/mol. The van der Waals surface area contributed by atoms with Gasteiger partial charge in [-0.05, 0) is 24.2 Å². The summed E-state index contributed by atoms with van der Waals surface area (Å²) in [5.41, 5.74) is 0.200. The van der Waals surface area contributed by atoms with Gasteiger partial charge in [-0.1, -0.05) is 22.9 Å². The Kier molecular flexibility index (Phi) is 2.88. The molecule has 1 saturated heterocycles. The Morgan fingerprint density at radius 1 is 1.33 bits per heavy atom. The van der Waals surface area contributed by atoms with E-state index in [1.165, 1.54) is 4.90 Å². The smallest absolute Gasteiger partial charge is 0.229 e. The van der Waals surface area contributed by atoms with E-state index in [1.807, 2.05) is 6.92 Å². The summed E-state index contributed by atoms with van der Waals surface area (Å²) >= 11 is 3.46. The predicted octanol–water partition coefficient (Wildman–Crippen LogP) is 1.95. The third-order valence-corrected chi connectivity index (χ3v) is 4.57. The predicted molar refractivity (Wildman–Crippen MR) is 60.6 cm³/mol. The molecule has 2 rings (SSSR count). The number of piperidine rings is 1. The van der Waals surface area contributed by atoms with Gasteiger partial charge in [0.15, 0.2) is 0 Å². The van der Waals surface area contributed by atoms with E-state index in [0.29, 0.717) is 19.4 Å². The Labute approximate surface area is 98.3 Å². The second-order valence-electron chi connectivity index (χ2n) is 5.02. The lowest BCUT2D eigenvalue weighted by molar-refractivity contribution is -0.150. The maximum Gasteiger partial charge on any atom is 0.229 e. The Morgan fingerprint density at radius 3 is 2.27 bits per heavy atom. The van der Waals surface area contributed by atoms with Gasteiger partial charge in [-0.3, -0.25) is 14.5 Å². The maximum absolute atomic E-state index is 11.7. The number of carbonyl (C=O) groups excluding carboxylic acids is 2. The number of rotatable bonds is 3. The number of imide groups is 1. The highest BCUT2D eigenvalue weighted by molar-refractivity contribution is 9.09. The Balaban J connectivity index is 2.02. The van der Waals surface area contributed by atoms with E-state index in [-0.39, 0.29) is 23.1 Å². The van der Waals surface area contributed by atoms with Gasteiger partial charge in [0.05, 0.1) is 0 Å². The zero-order chi connectivity index (χ0) is 11.1. The molecule has 0 unspecified atom stereocenters. The highest BCUT2D eigenvalue weighted by Crippen LogP contribution is 2.48. The molecule has 0 atom stereocenters. The first-order chi connectivity index (χ1) is 7.06. The van der Waals surface area contributed by atoms with Gasteiger partial charge in [-0.15, -0.1) is 0 Å². The van der Waals surface area contributed by atoms with Crippen molar-refractivity contribution < 1.29 is 9.59 Å². The van der Waals surface area contributed by atoms with Crippen molar-refractivity contribution in [2.45, 2.75) is 32.6 Å². The van der Waals surface area contributed by atoms with E-state index in [4.69, 9.17) is 0 Å². The van der Waals surface area contributed by atoms with Gasteiger partial charge < -0.3 is 0 Å².